The van der Waals surface area contributed by atoms with Crippen LogP contribution in [0, 0.1) is 0 Å². The Morgan fingerprint density at radius 3 is 2.04 bits per heavy atom. The van der Waals surface area contributed by atoms with Crippen molar-refractivity contribution in [3.63, 3.8) is 0 Å². The van der Waals surface area contributed by atoms with Gasteiger partial charge in [0.05, 0.1) is 33.4 Å². The summed E-state index contributed by atoms with van der Waals surface area (Å²) in [6, 6.07) is 61.1. The zero-order chi connectivity index (χ0) is 32.8. The Bertz CT molecular complexity index is 3020. The molecule has 10 aromatic rings. The summed E-state index contributed by atoms with van der Waals surface area (Å²) in [6.07, 6.45) is 0. The molecule has 4 nitrogen and oxygen atoms in total. The molecule has 1 aliphatic rings. The number of anilines is 1. The number of fused-ring (bicyclic) bond motifs is 11. The van der Waals surface area contributed by atoms with Crippen LogP contribution in [0.5, 0.6) is 0 Å². The number of rotatable bonds is 2. The van der Waals surface area contributed by atoms with Gasteiger partial charge in [-0.2, -0.15) is 0 Å². The number of aliphatic imine (C=N–C) groups is 1. The molecule has 0 bridgehead atoms. The van der Waals surface area contributed by atoms with E-state index in [1.807, 2.05) is 0 Å². The zero-order valence-corrected chi connectivity index (χ0v) is 27.1. The highest BCUT2D eigenvalue weighted by Gasteiger charge is 2.30. The lowest BCUT2D eigenvalue weighted by atomic mass is 9.99. The van der Waals surface area contributed by atoms with Gasteiger partial charge in [0, 0.05) is 27.2 Å². The van der Waals surface area contributed by atoms with Gasteiger partial charge in [-0.3, -0.25) is 4.57 Å². The lowest BCUT2D eigenvalue weighted by Gasteiger charge is -2.29. The molecule has 0 amide bonds. The van der Waals surface area contributed by atoms with Gasteiger partial charge in [-0.05, 0) is 69.6 Å². The number of hydrogen-bond donors (Lipinski definition) is 1. The van der Waals surface area contributed by atoms with Crippen molar-refractivity contribution in [1.29, 1.82) is 0 Å². The Kier molecular flexibility index (Phi) is 5.69. The van der Waals surface area contributed by atoms with Crippen LogP contribution in [0.2, 0.25) is 0 Å². The van der Waals surface area contributed by atoms with E-state index in [-0.39, 0.29) is 6.04 Å². The lowest BCUT2D eigenvalue weighted by molar-refractivity contribution is 0.964. The second-order valence-corrected chi connectivity index (χ2v) is 13.2. The molecule has 1 atom stereocenters. The minimum absolute atomic E-state index is 0.195. The molecule has 1 N–H and O–H groups in total. The number of nitrogens with zero attached hydrogens (tertiary/aromatic N) is 3. The fourth-order valence-electron chi connectivity index (χ4n) is 8.30. The molecule has 0 fully saturated rings. The van der Waals surface area contributed by atoms with Gasteiger partial charge in [0.15, 0.2) is 0 Å². The van der Waals surface area contributed by atoms with Gasteiger partial charge in [0.1, 0.15) is 11.9 Å². The van der Waals surface area contributed by atoms with E-state index in [2.05, 4.69) is 184 Å². The van der Waals surface area contributed by atoms with Gasteiger partial charge in [0.2, 0.25) is 0 Å². The van der Waals surface area contributed by atoms with Gasteiger partial charge < -0.3 is 9.88 Å². The van der Waals surface area contributed by atoms with E-state index in [4.69, 9.17) is 4.99 Å². The van der Waals surface area contributed by atoms with Gasteiger partial charge in [-0.1, -0.05) is 127 Å². The molecule has 4 heteroatoms. The van der Waals surface area contributed by atoms with E-state index in [0.717, 1.165) is 33.9 Å². The van der Waals surface area contributed by atoms with E-state index in [1.54, 1.807) is 0 Å². The molecule has 3 heterocycles. The molecule has 0 aliphatic carbocycles. The Labute approximate surface area is 288 Å². The molecule has 0 radical (unpaired) electrons. The zero-order valence-electron chi connectivity index (χ0n) is 27.1. The Hall–Kier alpha value is -6.65. The van der Waals surface area contributed by atoms with Gasteiger partial charge >= 0.3 is 0 Å². The van der Waals surface area contributed by atoms with Gasteiger partial charge in [-0.25, -0.2) is 4.99 Å². The second-order valence-electron chi connectivity index (χ2n) is 13.2. The molecular weight excluding hydrogens is 609 g/mol. The van der Waals surface area contributed by atoms with Crippen LogP contribution in [-0.4, -0.2) is 15.0 Å². The van der Waals surface area contributed by atoms with Crippen molar-refractivity contribution >= 4 is 82.4 Å². The van der Waals surface area contributed by atoms with Crippen LogP contribution in [0.4, 0.5) is 11.4 Å². The standard InChI is InChI=1S/C46H30N4/c1-2-15-33(16-3-1)49-41-27-24-30-13-6-7-17-34(30)42(41)37-26-25-36-35-18-8-11-21-40(35)50(44(36)45(37)49)46-43(47-38-19-9-10-20-39(38)48-46)32-23-22-29-12-4-5-14-31(29)28-32/h1-28,43,47H. The average Bonchev–Trinajstić information content (AvgIpc) is 3.71. The third-order valence-corrected chi connectivity index (χ3v) is 10.5. The maximum Gasteiger partial charge on any atom is 0.141 e. The van der Waals surface area contributed by atoms with E-state index in [1.165, 1.54) is 59.7 Å². The molecule has 234 valence electrons. The predicted molar refractivity (Wildman–Crippen MR) is 211 cm³/mol. The topological polar surface area (TPSA) is 34.2 Å². The SMILES string of the molecule is c1ccc(-n2c3ccc4ccccc4c3c3ccc4c5ccccc5n(C5=Nc6ccccc6NC5c5ccc6ccccc6c5)c4c32)cc1. The second kappa shape index (κ2) is 10.4. The van der Waals surface area contributed by atoms with Gasteiger partial charge in [-0.15, -0.1) is 0 Å². The van der Waals surface area contributed by atoms with E-state index in [9.17, 15) is 0 Å². The summed E-state index contributed by atoms with van der Waals surface area (Å²) in [5, 5.41) is 13.8. The van der Waals surface area contributed by atoms with Crippen molar-refractivity contribution in [2.24, 2.45) is 4.99 Å². The van der Waals surface area contributed by atoms with Crippen LogP contribution in [0.15, 0.2) is 175 Å². The first-order valence-corrected chi connectivity index (χ1v) is 17.2. The molecule has 11 rings (SSSR count). The van der Waals surface area contributed by atoms with Crippen molar-refractivity contribution in [2.45, 2.75) is 6.04 Å². The number of nitrogens with one attached hydrogen (secondary N) is 1. The van der Waals surface area contributed by atoms with Crippen LogP contribution in [0.1, 0.15) is 11.6 Å². The summed E-state index contributed by atoms with van der Waals surface area (Å²) in [6.45, 7) is 0. The van der Waals surface area contributed by atoms with Crippen molar-refractivity contribution in [3.05, 3.63) is 175 Å². The van der Waals surface area contributed by atoms with E-state index in [0.29, 0.717) is 0 Å². The monoisotopic (exact) mass is 638 g/mol. The first-order chi connectivity index (χ1) is 24.8. The van der Waals surface area contributed by atoms with E-state index >= 15 is 0 Å². The smallest absolute Gasteiger partial charge is 0.141 e. The third kappa shape index (κ3) is 3.84. The van der Waals surface area contributed by atoms with Crippen molar-refractivity contribution in [1.82, 2.24) is 9.13 Å². The van der Waals surface area contributed by atoms with Crippen LogP contribution in [-0.2, 0) is 0 Å². The van der Waals surface area contributed by atoms with Gasteiger partial charge in [0.25, 0.3) is 0 Å². The van der Waals surface area contributed by atoms with Crippen LogP contribution >= 0.6 is 0 Å². The number of benzene rings is 8. The van der Waals surface area contributed by atoms with Crippen LogP contribution in [0.25, 0.3) is 70.8 Å². The summed E-state index contributed by atoms with van der Waals surface area (Å²) < 4.78 is 4.90. The van der Waals surface area contributed by atoms with Crippen molar-refractivity contribution in [2.75, 3.05) is 5.32 Å². The molecule has 1 aliphatic heterocycles. The van der Waals surface area contributed by atoms with Crippen molar-refractivity contribution < 1.29 is 0 Å². The van der Waals surface area contributed by atoms with E-state index < -0.39 is 0 Å². The third-order valence-electron chi connectivity index (χ3n) is 10.5. The maximum absolute atomic E-state index is 5.55. The Morgan fingerprint density at radius 1 is 0.460 bits per heavy atom. The minimum atomic E-state index is -0.195. The summed E-state index contributed by atoms with van der Waals surface area (Å²) >= 11 is 0. The molecule has 8 aromatic carbocycles. The maximum atomic E-state index is 5.55. The number of hydrogen-bond acceptors (Lipinski definition) is 2. The summed E-state index contributed by atoms with van der Waals surface area (Å²) in [5.74, 6) is 0.951. The Balaban J connectivity index is 1.33. The summed E-state index contributed by atoms with van der Waals surface area (Å²) in [5.41, 5.74) is 8.92. The average molecular weight is 639 g/mol. The lowest BCUT2D eigenvalue weighted by Crippen LogP contribution is -2.29. The number of aromatic nitrogens is 2. The molecule has 0 spiro atoms. The normalized spacial score (nSPS) is 14.5. The first-order valence-electron chi connectivity index (χ1n) is 17.2. The highest BCUT2D eigenvalue weighted by atomic mass is 15.2. The molecule has 0 saturated heterocycles. The molecule has 2 aromatic heterocycles. The predicted octanol–water partition coefficient (Wildman–Crippen LogP) is 11.9. The number of para-hydroxylation sites is 4. The largest absolute Gasteiger partial charge is 0.370 e. The van der Waals surface area contributed by atoms with Crippen LogP contribution < -0.4 is 5.32 Å². The fourth-order valence-corrected chi connectivity index (χ4v) is 8.30. The molecule has 50 heavy (non-hydrogen) atoms. The molecular formula is C46H30N4. The fraction of sp³-hybridized carbons (Fsp3) is 0.0217. The summed E-state index contributed by atoms with van der Waals surface area (Å²) in [4.78, 5) is 5.55. The Morgan fingerprint density at radius 2 is 1.14 bits per heavy atom. The van der Waals surface area contributed by atoms with Crippen LogP contribution in [0.3, 0.4) is 0 Å². The minimum Gasteiger partial charge on any atom is -0.370 e. The molecule has 1 unspecified atom stereocenters. The quantitative estimate of drug-likeness (QED) is 0.201. The summed E-state index contributed by atoms with van der Waals surface area (Å²) in [7, 11) is 0. The highest BCUT2D eigenvalue weighted by Crippen LogP contribution is 2.45. The first kappa shape index (κ1) is 27.3. The highest BCUT2D eigenvalue weighted by molar-refractivity contribution is 6.30. The van der Waals surface area contributed by atoms with Crippen molar-refractivity contribution in [3.8, 4) is 5.69 Å². The molecule has 0 saturated carbocycles.